The standard InChI is InChI=1S/C8H7F3O2S/c1-2-14(12,13)8-6(10)3-5(9)4-7(8)11/h3-4H,2H2,1H3. The predicted octanol–water partition coefficient (Wildman–Crippen LogP) is 1.90. The molecule has 1 aromatic carbocycles. The molecule has 6 heteroatoms. The van der Waals surface area contributed by atoms with Gasteiger partial charge in [-0.25, -0.2) is 21.6 Å². The molecule has 1 rings (SSSR count). The second kappa shape index (κ2) is 3.61. The SMILES string of the molecule is CCS(=O)(=O)c1c(F)cc(F)cc1F. The van der Waals surface area contributed by atoms with Gasteiger partial charge < -0.3 is 0 Å². The van der Waals surface area contributed by atoms with Gasteiger partial charge in [-0.15, -0.1) is 0 Å². The van der Waals surface area contributed by atoms with E-state index in [1.54, 1.807) is 0 Å². The van der Waals surface area contributed by atoms with Gasteiger partial charge in [0.2, 0.25) is 0 Å². The molecule has 0 atom stereocenters. The molecule has 78 valence electrons. The summed E-state index contributed by atoms with van der Waals surface area (Å²) in [7, 11) is -3.99. The van der Waals surface area contributed by atoms with Crippen LogP contribution in [-0.2, 0) is 9.84 Å². The first kappa shape index (κ1) is 11.0. The zero-order chi connectivity index (χ0) is 10.9. The minimum absolute atomic E-state index is 0.339. The highest BCUT2D eigenvalue weighted by Gasteiger charge is 2.23. The molecule has 1 aromatic rings. The lowest BCUT2D eigenvalue weighted by Crippen LogP contribution is -2.09. The molecule has 14 heavy (non-hydrogen) atoms. The lowest BCUT2D eigenvalue weighted by molar-refractivity contribution is 0.497. The molecule has 2 nitrogen and oxygen atoms in total. The summed E-state index contributed by atoms with van der Waals surface area (Å²) in [6, 6.07) is 0.678. The van der Waals surface area contributed by atoms with Gasteiger partial charge in [-0.2, -0.15) is 0 Å². The third-order valence-corrected chi connectivity index (χ3v) is 3.43. The van der Waals surface area contributed by atoms with Crippen molar-refractivity contribution in [3.63, 3.8) is 0 Å². The predicted molar refractivity (Wildman–Crippen MR) is 44.0 cm³/mol. The Kier molecular flexibility index (Phi) is 2.84. The van der Waals surface area contributed by atoms with Gasteiger partial charge >= 0.3 is 0 Å². The first-order valence-electron chi connectivity index (χ1n) is 3.75. The molecule has 0 aliphatic carbocycles. The average Bonchev–Trinajstić information content (AvgIpc) is 2.01. The summed E-state index contributed by atoms with van der Waals surface area (Å²) >= 11 is 0. The average molecular weight is 224 g/mol. The van der Waals surface area contributed by atoms with Crippen LogP contribution in [0.3, 0.4) is 0 Å². The van der Waals surface area contributed by atoms with Crippen molar-refractivity contribution in [3.8, 4) is 0 Å². The van der Waals surface area contributed by atoms with E-state index >= 15 is 0 Å². The molecule has 0 heterocycles. The van der Waals surface area contributed by atoms with Crippen LogP contribution in [0.2, 0.25) is 0 Å². The maximum atomic E-state index is 12.9. The van der Waals surface area contributed by atoms with Crippen molar-refractivity contribution in [2.45, 2.75) is 11.8 Å². The van der Waals surface area contributed by atoms with Crippen molar-refractivity contribution in [2.24, 2.45) is 0 Å². The zero-order valence-corrected chi connectivity index (χ0v) is 8.04. The highest BCUT2D eigenvalue weighted by Crippen LogP contribution is 2.20. The lowest BCUT2D eigenvalue weighted by Gasteiger charge is -2.04. The van der Waals surface area contributed by atoms with Crippen LogP contribution in [-0.4, -0.2) is 14.2 Å². The first-order valence-corrected chi connectivity index (χ1v) is 5.41. The fourth-order valence-corrected chi connectivity index (χ4v) is 1.97. The molecule has 0 aliphatic heterocycles. The van der Waals surface area contributed by atoms with E-state index in [4.69, 9.17) is 0 Å². The summed E-state index contributed by atoms with van der Waals surface area (Å²) in [6.07, 6.45) is 0. The number of hydrogen-bond donors (Lipinski definition) is 0. The molecule has 0 unspecified atom stereocenters. The zero-order valence-electron chi connectivity index (χ0n) is 7.22. The summed E-state index contributed by atoms with van der Waals surface area (Å²) in [5.41, 5.74) is 0. The number of halogens is 3. The third kappa shape index (κ3) is 1.89. The smallest absolute Gasteiger partial charge is 0.183 e. The van der Waals surface area contributed by atoms with Gasteiger partial charge in [-0.1, -0.05) is 6.92 Å². The topological polar surface area (TPSA) is 34.1 Å². The number of sulfone groups is 1. The minimum atomic E-state index is -3.99. The van der Waals surface area contributed by atoms with Crippen molar-refractivity contribution in [2.75, 3.05) is 5.75 Å². The fourth-order valence-electron chi connectivity index (χ4n) is 0.970. The Labute approximate surface area is 79.3 Å². The van der Waals surface area contributed by atoms with E-state index in [2.05, 4.69) is 0 Å². The molecule has 0 spiro atoms. The molecule has 0 saturated carbocycles. The number of hydrogen-bond acceptors (Lipinski definition) is 2. The minimum Gasteiger partial charge on any atom is -0.223 e. The Morgan fingerprint density at radius 1 is 1.14 bits per heavy atom. The van der Waals surface area contributed by atoms with Crippen LogP contribution in [0.15, 0.2) is 17.0 Å². The van der Waals surface area contributed by atoms with E-state index < -0.39 is 37.9 Å². The van der Waals surface area contributed by atoms with E-state index in [1.807, 2.05) is 0 Å². The Hall–Kier alpha value is -1.04. The van der Waals surface area contributed by atoms with Gasteiger partial charge in [0, 0.05) is 12.1 Å². The molecule has 0 aromatic heterocycles. The Morgan fingerprint density at radius 2 is 1.57 bits per heavy atom. The van der Waals surface area contributed by atoms with E-state index in [0.29, 0.717) is 12.1 Å². The van der Waals surface area contributed by atoms with Crippen molar-refractivity contribution >= 4 is 9.84 Å². The Bertz CT molecular complexity index is 431. The first-order chi connectivity index (χ1) is 6.38. The number of benzene rings is 1. The van der Waals surface area contributed by atoms with Crippen LogP contribution in [0.5, 0.6) is 0 Å². The second-order valence-corrected chi connectivity index (χ2v) is 4.82. The van der Waals surface area contributed by atoms with Crippen LogP contribution in [0.25, 0.3) is 0 Å². The quantitative estimate of drug-likeness (QED) is 0.719. The van der Waals surface area contributed by atoms with E-state index in [0.717, 1.165) is 0 Å². The van der Waals surface area contributed by atoms with Gasteiger partial charge in [0.15, 0.2) is 9.84 Å². The molecule has 0 fully saturated rings. The largest absolute Gasteiger partial charge is 0.223 e. The van der Waals surface area contributed by atoms with E-state index in [-0.39, 0.29) is 0 Å². The molecular weight excluding hydrogens is 217 g/mol. The maximum Gasteiger partial charge on any atom is 0.183 e. The summed E-state index contributed by atoms with van der Waals surface area (Å²) < 4.78 is 60.6. The molecule has 0 radical (unpaired) electrons. The van der Waals surface area contributed by atoms with Gasteiger partial charge in [0.05, 0.1) is 5.75 Å². The van der Waals surface area contributed by atoms with E-state index in [9.17, 15) is 21.6 Å². The monoisotopic (exact) mass is 224 g/mol. The molecule has 0 saturated heterocycles. The highest BCUT2D eigenvalue weighted by atomic mass is 32.2. The van der Waals surface area contributed by atoms with Crippen LogP contribution >= 0.6 is 0 Å². The van der Waals surface area contributed by atoms with Gasteiger partial charge in [0.25, 0.3) is 0 Å². The van der Waals surface area contributed by atoms with Crippen molar-refractivity contribution in [1.82, 2.24) is 0 Å². The van der Waals surface area contributed by atoms with Crippen LogP contribution in [0.4, 0.5) is 13.2 Å². The normalized spacial score (nSPS) is 11.7. The Balaban J connectivity index is 3.51. The molecule has 0 aliphatic rings. The van der Waals surface area contributed by atoms with Gasteiger partial charge in [-0.05, 0) is 0 Å². The summed E-state index contributed by atoms with van der Waals surface area (Å²) in [5.74, 6) is -4.38. The van der Waals surface area contributed by atoms with Crippen molar-refractivity contribution in [3.05, 3.63) is 29.6 Å². The summed E-state index contributed by atoms with van der Waals surface area (Å²) in [5, 5.41) is 0. The lowest BCUT2D eigenvalue weighted by atomic mass is 10.3. The van der Waals surface area contributed by atoms with E-state index in [1.165, 1.54) is 6.92 Å². The summed E-state index contributed by atoms with van der Waals surface area (Å²) in [4.78, 5) is -1.07. The van der Waals surface area contributed by atoms with Gasteiger partial charge in [-0.3, -0.25) is 0 Å². The van der Waals surface area contributed by atoms with Crippen LogP contribution in [0, 0.1) is 17.5 Å². The molecule has 0 N–H and O–H groups in total. The van der Waals surface area contributed by atoms with Gasteiger partial charge in [0.1, 0.15) is 22.3 Å². The Morgan fingerprint density at radius 3 is 1.93 bits per heavy atom. The highest BCUT2D eigenvalue weighted by molar-refractivity contribution is 7.91. The van der Waals surface area contributed by atoms with Crippen LogP contribution in [0.1, 0.15) is 6.92 Å². The van der Waals surface area contributed by atoms with Crippen molar-refractivity contribution in [1.29, 1.82) is 0 Å². The number of rotatable bonds is 2. The maximum absolute atomic E-state index is 12.9. The third-order valence-electron chi connectivity index (χ3n) is 1.65. The second-order valence-electron chi connectivity index (χ2n) is 2.60. The molecular formula is C8H7F3O2S. The molecule has 0 amide bonds. The van der Waals surface area contributed by atoms with Crippen molar-refractivity contribution < 1.29 is 21.6 Å². The summed E-state index contributed by atoms with van der Waals surface area (Å²) in [6.45, 7) is 1.25. The van der Waals surface area contributed by atoms with Crippen LogP contribution < -0.4 is 0 Å². The molecule has 0 bridgehead atoms. The fraction of sp³-hybridized carbons (Fsp3) is 0.250.